The van der Waals surface area contributed by atoms with Crippen molar-refractivity contribution in [2.24, 2.45) is 0 Å². The van der Waals surface area contributed by atoms with Crippen molar-refractivity contribution in [1.82, 2.24) is 16.0 Å². The Morgan fingerprint density at radius 1 is 1.78 bits per heavy atom. The molecule has 0 aromatic heterocycles. The van der Waals surface area contributed by atoms with Crippen LogP contribution in [0.5, 0.6) is 0 Å². The van der Waals surface area contributed by atoms with E-state index < -0.39 is 0 Å². The molecular weight excluding hydrogens is 118 g/mol. The van der Waals surface area contributed by atoms with Crippen molar-refractivity contribution in [2.75, 3.05) is 6.54 Å². The van der Waals surface area contributed by atoms with Crippen molar-refractivity contribution < 1.29 is 5.11 Å². The minimum atomic E-state index is -0.304. The summed E-state index contributed by atoms with van der Waals surface area (Å²) in [5.74, 6) is 0. The van der Waals surface area contributed by atoms with Crippen molar-refractivity contribution in [3.05, 3.63) is 12.4 Å². The first-order valence-electron chi connectivity index (χ1n) is 2.91. The molecule has 9 heavy (non-hydrogen) atoms. The maximum Gasteiger partial charge on any atom is 0.0703 e. The molecule has 0 amide bonds. The highest BCUT2D eigenvalue weighted by molar-refractivity contribution is 4.82. The third-order valence-corrected chi connectivity index (χ3v) is 1.01. The van der Waals surface area contributed by atoms with Crippen LogP contribution >= 0.6 is 0 Å². The van der Waals surface area contributed by atoms with E-state index >= 15 is 0 Å². The molecule has 1 aliphatic rings. The quantitative estimate of drug-likeness (QED) is 0.455. The molecule has 0 radical (unpaired) electrons. The van der Waals surface area contributed by atoms with Crippen molar-refractivity contribution >= 4 is 0 Å². The van der Waals surface area contributed by atoms with Gasteiger partial charge in [0.2, 0.25) is 0 Å². The van der Waals surface area contributed by atoms with E-state index in [1.54, 1.807) is 18.1 Å². The molecule has 1 aliphatic heterocycles. The first kappa shape index (κ1) is 6.38. The molecule has 0 spiro atoms. The second-order valence-electron chi connectivity index (χ2n) is 2.07. The fourth-order valence-corrected chi connectivity index (χ4v) is 0.676. The Morgan fingerprint density at radius 2 is 2.56 bits per heavy atom. The molecule has 1 atom stereocenters. The molecule has 1 rings (SSSR count). The van der Waals surface area contributed by atoms with E-state index in [9.17, 15) is 0 Å². The predicted octanol–water partition coefficient (Wildman–Crippen LogP) is -0.837. The van der Waals surface area contributed by atoms with Crippen LogP contribution in [-0.4, -0.2) is 22.8 Å². The molecule has 0 saturated heterocycles. The lowest BCUT2D eigenvalue weighted by molar-refractivity contribution is 0.127. The highest BCUT2D eigenvalue weighted by Gasteiger charge is 2.04. The highest BCUT2D eigenvalue weighted by atomic mass is 16.3. The van der Waals surface area contributed by atoms with Gasteiger partial charge >= 0.3 is 0 Å². The molecule has 0 aliphatic carbocycles. The summed E-state index contributed by atoms with van der Waals surface area (Å²) < 4.78 is 0. The normalized spacial score (nSPS) is 20.0. The standard InChI is InChI=1S/C5H11N3O/c1-5(9)4-8-3-2-6-7-8/h2-3,5-7,9H,4H2,1H3. The molecule has 0 aromatic rings. The Bertz CT molecular complexity index is 113. The number of aliphatic hydroxyl groups is 1. The topological polar surface area (TPSA) is 47.5 Å². The number of hydrazine groups is 2. The van der Waals surface area contributed by atoms with Crippen molar-refractivity contribution in [1.29, 1.82) is 0 Å². The van der Waals surface area contributed by atoms with Gasteiger partial charge in [0.05, 0.1) is 12.6 Å². The van der Waals surface area contributed by atoms with Crippen LogP contribution in [0.1, 0.15) is 6.92 Å². The van der Waals surface area contributed by atoms with Gasteiger partial charge in [0, 0.05) is 12.4 Å². The van der Waals surface area contributed by atoms with E-state index in [0.29, 0.717) is 6.54 Å². The summed E-state index contributed by atoms with van der Waals surface area (Å²) >= 11 is 0. The van der Waals surface area contributed by atoms with Gasteiger partial charge in [0.15, 0.2) is 0 Å². The van der Waals surface area contributed by atoms with Crippen LogP contribution in [0.4, 0.5) is 0 Å². The molecule has 4 heteroatoms. The summed E-state index contributed by atoms with van der Waals surface area (Å²) in [6.45, 7) is 2.34. The van der Waals surface area contributed by atoms with Gasteiger partial charge in [0.25, 0.3) is 0 Å². The fraction of sp³-hybridized carbons (Fsp3) is 0.600. The SMILES string of the molecule is CC(O)CN1C=CNN1. The molecular formula is C5H11N3O. The maximum atomic E-state index is 8.87. The molecule has 0 bridgehead atoms. The lowest BCUT2D eigenvalue weighted by Crippen LogP contribution is -2.39. The third kappa shape index (κ3) is 1.91. The maximum absolute atomic E-state index is 8.87. The smallest absolute Gasteiger partial charge is 0.0703 e. The van der Waals surface area contributed by atoms with Crippen LogP contribution in [0.25, 0.3) is 0 Å². The first-order valence-corrected chi connectivity index (χ1v) is 2.91. The van der Waals surface area contributed by atoms with Crippen LogP contribution < -0.4 is 11.0 Å². The predicted molar refractivity (Wildman–Crippen MR) is 33.8 cm³/mol. The van der Waals surface area contributed by atoms with Gasteiger partial charge in [-0.2, -0.15) is 0 Å². The van der Waals surface area contributed by atoms with Crippen LogP contribution in [0.3, 0.4) is 0 Å². The zero-order chi connectivity index (χ0) is 6.69. The molecule has 1 unspecified atom stereocenters. The van der Waals surface area contributed by atoms with Gasteiger partial charge in [-0.3, -0.25) is 5.01 Å². The van der Waals surface area contributed by atoms with Crippen LogP contribution in [0.2, 0.25) is 0 Å². The number of nitrogens with zero attached hydrogens (tertiary/aromatic N) is 1. The van der Waals surface area contributed by atoms with Crippen molar-refractivity contribution in [3.8, 4) is 0 Å². The summed E-state index contributed by atoms with van der Waals surface area (Å²) in [5.41, 5.74) is 5.56. The van der Waals surface area contributed by atoms with Crippen molar-refractivity contribution in [2.45, 2.75) is 13.0 Å². The third-order valence-electron chi connectivity index (χ3n) is 1.01. The minimum Gasteiger partial charge on any atom is -0.392 e. The monoisotopic (exact) mass is 129 g/mol. The first-order chi connectivity index (χ1) is 4.29. The largest absolute Gasteiger partial charge is 0.392 e. The summed E-state index contributed by atoms with van der Waals surface area (Å²) in [6, 6.07) is 0. The number of rotatable bonds is 2. The molecule has 3 N–H and O–H groups in total. The van der Waals surface area contributed by atoms with E-state index in [4.69, 9.17) is 5.11 Å². The van der Waals surface area contributed by atoms with E-state index in [-0.39, 0.29) is 6.10 Å². The zero-order valence-electron chi connectivity index (χ0n) is 5.33. The number of hydrogen-bond acceptors (Lipinski definition) is 4. The van der Waals surface area contributed by atoms with Gasteiger partial charge in [0.1, 0.15) is 0 Å². The number of β-amino-alcohol motifs (C(OH)–C–C–N with tert-alkyl or cyclic N) is 1. The van der Waals surface area contributed by atoms with E-state index in [1.165, 1.54) is 0 Å². The van der Waals surface area contributed by atoms with E-state index in [1.807, 2.05) is 6.20 Å². The van der Waals surface area contributed by atoms with Gasteiger partial charge in [-0.25, -0.2) is 0 Å². The minimum absolute atomic E-state index is 0.304. The Kier molecular flexibility index (Phi) is 1.92. The zero-order valence-corrected chi connectivity index (χ0v) is 5.33. The number of nitrogens with one attached hydrogen (secondary N) is 2. The van der Waals surface area contributed by atoms with Gasteiger partial charge in [-0.15, -0.1) is 5.53 Å². The Morgan fingerprint density at radius 3 is 3.00 bits per heavy atom. The second-order valence-corrected chi connectivity index (χ2v) is 2.07. The molecule has 4 nitrogen and oxygen atoms in total. The van der Waals surface area contributed by atoms with Gasteiger partial charge in [-0.05, 0) is 6.92 Å². The van der Waals surface area contributed by atoms with Crippen LogP contribution in [-0.2, 0) is 0 Å². The van der Waals surface area contributed by atoms with Crippen LogP contribution in [0.15, 0.2) is 12.4 Å². The van der Waals surface area contributed by atoms with E-state index in [2.05, 4.69) is 11.0 Å². The van der Waals surface area contributed by atoms with Crippen molar-refractivity contribution in [3.63, 3.8) is 0 Å². The Balaban J connectivity index is 2.20. The molecule has 52 valence electrons. The fourth-order valence-electron chi connectivity index (χ4n) is 0.676. The summed E-state index contributed by atoms with van der Waals surface area (Å²) in [4.78, 5) is 0. The Labute approximate surface area is 54.1 Å². The Hall–Kier alpha value is -0.740. The molecule has 0 saturated carbocycles. The highest BCUT2D eigenvalue weighted by Crippen LogP contribution is 1.90. The summed E-state index contributed by atoms with van der Waals surface area (Å²) in [7, 11) is 0. The van der Waals surface area contributed by atoms with Gasteiger partial charge < -0.3 is 10.5 Å². The summed E-state index contributed by atoms with van der Waals surface area (Å²) in [5, 5.41) is 10.6. The second kappa shape index (κ2) is 2.70. The van der Waals surface area contributed by atoms with Crippen LogP contribution in [0, 0.1) is 0 Å². The number of hydrogen-bond donors (Lipinski definition) is 3. The van der Waals surface area contributed by atoms with Gasteiger partial charge in [-0.1, -0.05) is 0 Å². The average Bonchev–Trinajstić information content (AvgIpc) is 2.15. The average molecular weight is 129 g/mol. The van der Waals surface area contributed by atoms with E-state index in [0.717, 1.165) is 0 Å². The molecule has 0 fully saturated rings. The molecule has 0 aromatic carbocycles. The lowest BCUT2D eigenvalue weighted by Gasteiger charge is -2.16. The summed E-state index contributed by atoms with van der Waals surface area (Å²) in [6.07, 6.45) is 3.29. The lowest BCUT2D eigenvalue weighted by atomic mass is 10.4. The number of aliphatic hydroxyl groups excluding tert-OH is 1. The molecule has 1 heterocycles.